The number of nitrogens with one attached hydrogen (secondary N) is 1. The molecular weight excluding hydrogens is 559 g/mol. The van der Waals surface area contributed by atoms with E-state index in [9.17, 15) is 22.8 Å². The summed E-state index contributed by atoms with van der Waals surface area (Å²) in [6, 6.07) is 13.1. The number of carbonyl (C=O) groups excluding carboxylic acids is 1. The molecule has 0 radical (unpaired) electrons. The van der Waals surface area contributed by atoms with E-state index in [1.54, 1.807) is 20.8 Å². The lowest BCUT2D eigenvalue weighted by Crippen LogP contribution is -2.54. The number of alkyl halides is 3. The van der Waals surface area contributed by atoms with Crippen LogP contribution in [0.4, 0.5) is 22.8 Å². The first-order valence-electron chi connectivity index (χ1n) is 13.1. The average molecular weight is 590 g/mol. The van der Waals surface area contributed by atoms with Gasteiger partial charge in [0.25, 0.3) is 0 Å². The first-order chi connectivity index (χ1) is 19.8. The normalized spacial score (nSPS) is 14.3. The highest BCUT2D eigenvalue weighted by atomic mass is 19.4. The molecule has 11 nitrogen and oxygen atoms in total. The summed E-state index contributed by atoms with van der Waals surface area (Å²) < 4.78 is 57.5. The third-order valence-corrected chi connectivity index (χ3v) is 6.03. The predicted molar refractivity (Wildman–Crippen MR) is 144 cm³/mol. The molecule has 1 saturated heterocycles. The molecule has 0 atom stereocenters. The van der Waals surface area contributed by atoms with Crippen LogP contribution in [0.1, 0.15) is 50.1 Å². The van der Waals surface area contributed by atoms with Crippen molar-refractivity contribution in [1.29, 1.82) is 0 Å². The molecule has 1 aliphatic rings. The Morgan fingerprint density at radius 1 is 1.14 bits per heavy atom. The van der Waals surface area contributed by atoms with Gasteiger partial charge in [-0.15, -0.1) is 4.99 Å². The number of carbonyl (C=O) groups is 2. The monoisotopic (exact) mass is 589 g/mol. The minimum absolute atomic E-state index is 0.0455. The maximum Gasteiger partial charge on any atom is 0.437 e. The first-order valence-corrected chi connectivity index (χ1v) is 13.1. The van der Waals surface area contributed by atoms with Gasteiger partial charge in [0.15, 0.2) is 0 Å². The Balaban J connectivity index is 1.41. The number of aryl methyl sites for hydroxylation is 1. The Labute approximate surface area is 239 Å². The van der Waals surface area contributed by atoms with E-state index in [2.05, 4.69) is 20.4 Å². The molecule has 0 unspecified atom stereocenters. The molecule has 1 aromatic heterocycles. The van der Waals surface area contributed by atoms with Crippen molar-refractivity contribution in [2.24, 2.45) is 4.99 Å². The zero-order valence-corrected chi connectivity index (χ0v) is 23.1. The van der Waals surface area contributed by atoms with Crippen LogP contribution in [0.15, 0.2) is 58.0 Å². The Hall–Kier alpha value is -4.62. The van der Waals surface area contributed by atoms with Gasteiger partial charge in [-0.1, -0.05) is 35.5 Å². The van der Waals surface area contributed by atoms with Gasteiger partial charge >= 0.3 is 18.4 Å². The lowest BCUT2D eigenvalue weighted by atomic mass is 10.0. The first kappa shape index (κ1) is 30.3. The molecule has 14 heteroatoms. The zero-order chi connectivity index (χ0) is 30.5. The maximum atomic E-state index is 13.9. The van der Waals surface area contributed by atoms with Crippen LogP contribution in [0.2, 0.25) is 0 Å². The lowest BCUT2D eigenvalue weighted by Gasteiger charge is -2.38. The van der Waals surface area contributed by atoms with Gasteiger partial charge in [0.1, 0.15) is 11.4 Å². The van der Waals surface area contributed by atoms with E-state index in [0.717, 1.165) is 11.6 Å². The van der Waals surface area contributed by atoms with Gasteiger partial charge in [0.2, 0.25) is 17.7 Å². The molecule has 1 fully saturated rings. The van der Waals surface area contributed by atoms with E-state index < -0.39 is 29.5 Å². The minimum atomic E-state index is -4.67. The Morgan fingerprint density at radius 3 is 2.50 bits per heavy atom. The fraction of sp³-hybridized carbons (Fsp3) is 0.393. The molecule has 2 heterocycles. The second kappa shape index (κ2) is 12.5. The number of aromatic nitrogens is 2. The topological polar surface area (TPSA) is 139 Å². The van der Waals surface area contributed by atoms with Crippen LogP contribution in [-0.4, -0.2) is 63.6 Å². The van der Waals surface area contributed by atoms with Gasteiger partial charge in [-0.25, -0.2) is 9.59 Å². The summed E-state index contributed by atoms with van der Waals surface area (Å²) in [4.78, 5) is 32.6. The van der Waals surface area contributed by atoms with Gasteiger partial charge in [0.05, 0.1) is 18.1 Å². The van der Waals surface area contributed by atoms with Crippen molar-refractivity contribution < 1.29 is 41.9 Å². The van der Waals surface area contributed by atoms with Crippen LogP contribution in [0.3, 0.4) is 0 Å². The number of hydrogen-bond donors (Lipinski definition) is 2. The molecule has 0 spiro atoms. The largest absolute Gasteiger partial charge is 0.493 e. The molecule has 4 rings (SSSR count). The Kier molecular flexibility index (Phi) is 9.02. The highest BCUT2D eigenvalue weighted by Crippen LogP contribution is 2.39. The number of amides is 2. The van der Waals surface area contributed by atoms with E-state index >= 15 is 0 Å². The number of rotatable bonds is 7. The van der Waals surface area contributed by atoms with Crippen molar-refractivity contribution in [3.63, 3.8) is 0 Å². The summed E-state index contributed by atoms with van der Waals surface area (Å²) in [5.74, 6) is -0.804. The SMILES string of the molecule is CC(C)(C)OC(=O)N=C(NC(=O)O)N1CC(c2nc(-c3ccc(OCCCc4ccccc4)c(C(F)(F)F)c3)no2)C1. The van der Waals surface area contributed by atoms with Gasteiger partial charge in [-0.05, 0) is 57.4 Å². The number of aliphatic imine (C=N–C) groups is 1. The quantitative estimate of drug-likeness (QED) is 0.201. The molecular formula is C28H30F3N5O6. The van der Waals surface area contributed by atoms with Crippen molar-refractivity contribution in [1.82, 2.24) is 20.4 Å². The van der Waals surface area contributed by atoms with Crippen LogP contribution >= 0.6 is 0 Å². The van der Waals surface area contributed by atoms with Crippen LogP contribution in [0.5, 0.6) is 5.75 Å². The molecule has 42 heavy (non-hydrogen) atoms. The van der Waals surface area contributed by atoms with Crippen LogP contribution in [-0.2, 0) is 17.3 Å². The lowest BCUT2D eigenvalue weighted by molar-refractivity contribution is -0.138. The number of ether oxygens (including phenoxy) is 2. The van der Waals surface area contributed by atoms with Gasteiger partial charge in [0, 0.05) is 18.7 Å². The fourth-order valence-electron chi connectivity index (χ4n) is 4.09. The molecule has 2 amide bonds. The van der Waals surface area contributed by atoms with Gasteiger partial charge in [-0.3, -0.25) is 5.32 Å². The number of carboxylic acid groups (broad SMARTS) is 1. The standard InChI is InChI=1S/C28H30F3N5O6/c1-27(2,3)41-26(39)34-24(33-25(37)38)36-15-19(16-36)23-32-22(35-42-23)18-11-12-21(20(14-18)28(29,30)31)40-13-7-10-17-8-5-4-6-9-17/h4-6,8-9,11-12,14,19H,7,10,13,15-16H2,1-3H3,(H,37,38)(H,33,34,39). The maximum absolute atomic E-state index is 13.9. The molecule has 2 aromatic carbocycles. The highest BCUT2D eigenvalue weighted by Gasteiger charge is 2.37. The Bertz CT molecular complexity index is 1430. The molecule has 0 saturated carbocycles. The summed E-state index contributed by atoms with van der Waals surface area (Å²) in [5.41, 5.74) is -0.626. The molecule has 1 aliphatic heterocycles. The van der Waals surface area contributed by atoms with Crippen molar-refractivity contribution in [3.05, 3.63) is 65.5 Å². The molecule has 0 bridgehead atoms. The predicted octanol–water partition coefficient (Wildman–Crippen LogP) is 5.72. The van der Waals surface area contributed by atoms with Crippen molar-refractivity contribution >= 4 is 18.1 Å². The second-order valence-electron chi connectivity index (χ2n) is 10.6. The smallest absolute Gasteiger partial charge is 0.437 e. The number of halogens is 3. The Morgan fingerprint density at radius 2 is 1.86 bits per heavy atom. The van der Waals surface area contributed by atoms with E-state index in [4.69, 9.17) is 19.1 Å². The van der Waals surface area contributed by atoms with Crippen molar-refractivity contribution in [2.45, 2.75) is 51.3 Å². The van der Waals surface area contributed by atoms with Crippen LogP contribution in [0.25, 0.3) is 11.4 Å². The third kappa shape index (κ3) is 8.21. The van der Waals surface area contributed by atoms with Crippen LogP contribution in [0, 0.1) is 0 Å². The fourth-order valence-corrected chi connectivity index (χ4v) is 4.09. The summed E-state index contributed by atoms with van der Waals surface area (Å²) in [5, 5.41) is 15.0. The van der Waals surface area contributed by atoms with E-state index in [-0.39, 0.29) is 54.6 Å². The number of hydrogen-bond acceptors (Lipinski definition) is 7. The summed E-state index contributed by atoms with van der Waals surface area (Å²) in [6.45, 7) is 5.35. The summed E-state index contributed by atoms with van der Waals surface area (Å²) in [6.07, 6.45) is -5.86. The van der Waals surface area contributed by atoms with Crippen LogP contribution < -0.4 is 10.1 Å². The van der Waals surface area contributed by atoms with Crippen molar-refractivity contribution in [2.75, 3.05) is 19.7 Å². The number of guanidine groups is 1. The highest BCUT2D eigenvalue weighted by molar-refractivity contribution is 5.98. The molecule has 2 N–H and O–H groups in total. The number of benzene rings is 2. The number of nitrogens with zero attached hydrogens (tertiary/aromatic N) is 4. The minimum Gasteiger partial charge on any atom is -0.493 e. The summed E-state index contributed by atoms with van der Waals surface area (Å²) >= 11 is 0. The summed E-state index contributed by atoms with van der Waals surface area (Å²) in [7, 11) is 0. The van der Waals surface area contributed by atoms with E-state index in [1.165, 1.54) is 17.0 Å². The van der Waals surface area contributed by atoms with Crippen molar-refractivity contribution in [3.8, 4) is 17.1 Å². The van der Waals surface area contributed by atoms with E-state index in [1.807, 2.05) is 30.3 Å². The molecule has 224 valence electrons. The van der Waals surface area contributed by atoms with E-state index in [0.29, 0.717) is 12.8 Å². The zero-order valence-electron chi connectivity index (χ0n) is 23.1. The average Bonchev–Trinajstić information content (AvgIpc) is 3.34. The third-order valence-electron chi connectivity index (χ3n) is 6.03. The molecule has 0 aliphatic carbocycles. The molecule has 3 aromatic rings. The second-order valence-corrected chi connectivity index (χ2v) is 10.6. The number of likely N-dealkylation sites (tertiary alicyclic amines) is 1. The van der Waals surface area contributed by atoms with Gasteiger partial charge < -0.3 is 24.0 Å². The van der Waals surface area contributed by atoms with Gasteiger partial charge in [-0.2, -0.15) is 18.2 Å².